The number of rotatable bonds is 6. The maximum atomic E-state index is 12.1. The van der Waals surface area contributed by atoms with Crippen LogP contribution in [0.2, 0.25) is 0 Å². The molecule has 0 heterocycles. The number of nitrogens with two attached hydrogens (primary N) is 1. The molecule has 1 unspecified atom stereocenters. The zero-order chi connectivity index (χ0) is 13.6. The highest BCUT2D eigenvalue weighted by molar-refractivity contribution is 5.86. The van der Waals surface area contributed by atoms with Gasteiger partial charge in [0, 0.05) is 12.6 Å². The average molecular weight is 249 g/mol. The third-order valence-corrected chi connectivity index (χ3v) is 2.97. The van der Waals surface area contributed by atoms with Gasteiger partial charge >= 0.3 is 0 Å². The van der Waals surface area contributed by atoms with E-state index in [2.05, 4.69) is 10.6 Å². The maximum Gasteiger partial charge on any atom is 0.244 e. The molecule has 0 aliphatic rings. The largest absolute Gasteiger partial charge is 0.353 e. The highest BCUT2D eigenvalue weighted by Crippen LogP contribution is 2.17. The number of amides is 1. The van der Waals surface area contributed by atoms with Gasteiger partial charge in [0.15, 0.2) is 0 Å². The van der Waals surface area contributed by atoms with E-state index in [0.717, 1.165) is 12.1 Å². The van der Waals surface area contributed by atoms with Crippen LogP contribution in [-0.4, -0.2) is 25.0 Å². The minimum Gasteiger partial charge on any atom is -0.353 e. The van der Waals surface area contributed by atoms with Crippen LogP contribution in [0.25, 0.3) is 0 Å². The Kier molecular flexibility index (Phi) is 5.31. The first-order chi connectivity index (χ1) is 8.48. The minimum atomic E-state index is -0.993. The predicted octanol–water partition coefficient (Wildman–Crippen LogP) is 0.975. The van der Waals surface area contributed by atoms with Crippen LogP contribution in [0.1, 0.15) is 26.3 Å². The number of carbonyl (C=O) groups excluding carboxylic acids is 1. The molecule has 4 heteroatoms. The molecular formula is C14H23N3O. The molecule has 0 saturated carbocycles. The molecule has 100 valence electrons. The topological polar surface area (TPSA) is 67.1 Å². The zero-order valence-corrected chi connectivity index (χ0v) is 11.4. The van der Waals surface area contributed by atoms with Crippen LogP contribution in [0.5, 0.6) is 0 Å². The summed E-state index contributed by atoms with van der Waals surface area (Å²) in [7, 11) is 0. The van der Waals surface area contributed by atoms with Gasteiger partial charge in [-0.25, -0.2) is 0 Å². The first kappa shape index (κ1) is 14.7. The molecule has 0 spiro atoms. The number of carbonyl (C=O) groups is 1. The number of nitrogens with one attached hydrogen (secondary N) is 2. The van der Waals surface area contributed by atoms with Crippen molar-refractivity contribution in [2.45, 2.75) is 32.4 Å². The van der Waals surface area contributed by atoms with Crippen LogP contribution in [0.3, 0.4) is 0 Å². The summed E-state index contributed by atoms with van der Waals surface area (Å²) < 4.78 is 0. The third kappa shape index (κ3) is 3.82. The van der Waals surface area contributed by atoms with Crippen LogP contribution < -0.4 is 16.4 Å². The molecule has 2 atom stereocenters. The van der Waals surface area contributed by atoms with Crippen molar-refractivity contribution in [2.24, 2.45) is 5.73 Å². The van der Waals surface area contributed by atoms with Crippen molar-refractivity contribution in [3.63, 3.8) is 0 Å². The second kappa shape index (κ2) is 6.52. The van der Waals surface area contributed by atoms with Crippen molar-refractivity contribution in [1.29, 1.82) is 0 Å². The van der Waals surface area contributed by atoms with Gasteiger partial charge in [-0.3, -0.25) is 4.79 Å². The number of likely N-dealkylation sites (N-methyl/N-ethyl adjacent to an activating group) is 1. The predicted molar refractivity (Wildman–Crippen MR) is 74.1 cm³/mol. The van der Waals surface area contributed by atoms with Gasteiger partial charge in [-0.15, -0.1) is 0 Å². The number of hydrogen-bond acceptors (Lipinski definition) is 3. The summed E-state index contributed by atoms with van der Waals surface area (Å²) in [6.07, 6.45) is 0. The Morgan fingerprint density at radius 2 is 2.00 bits per heavy atom. The van der Waals surface area contributed by atoms with Gasteiger partial charge in [0.25, 0.3) is 0 Å². The van der Waals surface area contributed by atoms with Crippen molar-refractivity contribution < 1.29 is 4.79 Å². The van der Waals surface area contributed by atoms with E-state index in [9.17, 15) is 4.79 Å². The highest BCUT2D eigenvalue weighted by Gasteiger charge is 2.30. The molecule has 0 fully saturated rings. The second-order valence-corrected chi connectivity index (χ2v) is 4.74. The first-order valence-corrected chi connectivity index (χ1v) is 6.34. The van der Waals surface area contributed by atoms with E-state index in [-0.39, 0.29) is 11.9 Å². The lowest BCUT2D eigenvalue weighted by molar-refractivity contribution is -0.126. The smallest absolute Gasteiger partial charge is 0.244 e. The summed E-state index contributed by atoms with van der Waals surface area (Å²) in [5.74, 6) is -0.154. The quantitative estimate of drug-likeness (QED) is 0.704. The fourth-order valence-electron chi connectivity index (χ4n) is 1.77. The average Bonchev–Trinajstić information content (AvgIpc) is 2.37. The minimum absolute atomic E-state index is 0.154. The molecule has 0 bridgehead atoms. The number of benzene rings is 1. The molecule has 0 aromatic heterocycles. The normalized spacial score (nSPS) is 15.8. The SMILES string of the molecule is CCN[C@H](C)CNC(=O)C(C)(N)c1ccccc1. The van der Waals surface area contributed by atoms with Crippen LogP contribution in [-0.2, 0) is 10.3 Å². The fourth-order valence-corrected chi connectivity index (χ4v) is 1.77. The van der Waals surface area contributed by atoms with Crippen molar-refractivity contribution >= 4 is 5.91 Å². The first-order valence-electron chi connectivity index (χ1n) is 6.34. The Balaban J connectivity index is 2.60. The Hall–Kier alpha value is -1.39. The number of hydrogen-bond donors (Lipinski definition) is 3. The van der Waals surface area contributed by atoms with Crippen molar-refractivity contribution in [3.05, 3.63) is 35.9 Å². The summed E-state index contributed by atoms with van der Waals surface area (Å²) in [6, 6.07) is 9.65. The monoisotopic (exact) mass is 249 g/mol. The molecule has 1 aromatic rings. The lowest BCUT2D eigenvalue weighted by Gasteiger charge is -2.25. The molecule has 4 nitrogen and oxygen atoms in total. The van der Waals surface area contributed by atoms with Gasteiger partial charge in [0.2, 0.25) is 5.91 Å². The van der Waals surface area contributed by atoms with Crippen LogP contribution >= 0.6 is 0 Å². The molecule has 0 aliphatic heterocycles. The van der Waals surface area contributed by atoms with E-state index < -0.39 is 5.54 Å². The highest BCUT2D eigenvalue weighted by atomic mass is 16.2. The van der Waals surface area contributed by atoms with Crippen LogP contribution in [0, 0.1) is 0 Å². The van der Waals surface area contributed by atoms with Crippen molar-refractivity contribution in [1.82, 2.24) is 10.6 Å². The van der Waals surface area contributed by atoms with Gasteiger partial charge in [-0.2, -0.15) is 0 Å². The standard InChI is InChI=1S/C14H23N3O/c1-4-16-11(2)10-17-13(18)14(3,15)12-8-6-5-7-9-12/h5-9,11,16H,4,10,15H2,1-3H3,(H,17,18)/t11-,14?/m1/s1. The Labute approximate surface area is 109 Å². The van der Waals surface area contributed by atoms with E-state index >= 15 is 0 Å². The molecule has 1 amide bonds. The Morgan fingerprint density at radius 1 is 1.39 bits per heavy atom. The van der Waals surface area contributed by atoms with E-state index in [1.54, 1.807) is 6.92 Å². The van der Waals surface area contributed by atoms with E-state index in [0.29, 0.717) is 6.54 Å². The Bertz CT molecular complexity index is 376. The summed E-state index contributed by atoms with van der Waals surface area (Å²) >= 11 is 0. The van der Waals surface area contributed by atoms with Crippen molar-refractivity contribution in [3.8, 4) is 0 Å². The van der Waals surface area contributed by atoms with Crippen LogP contribution in [0.4, 0.5) is 0 Å². The fraction of sp³-hybridized carbons (Fsp3) is 0.500. The maximum absolute atomic E-state index is 12.1. The summed E-state index contributed by atoms with van der Waals surface area (Å²) in [4.78, 5) is 12.1. The van der Waals surface area contributed by atoms with E-state index in [4.69, 9.17) is 5.73 Å². The summed E-state index contributed by atoms with van der Waals surface area (Å²) in [5.41, 5.74) is 5.93. The molecule has 4 N–H and O–H groups in total. The lowest BCUT2D eigenvalue weighted by Crippen LogP contribution is -2.51. The van der Waals surface area contributed by atoms with Gasteiger partial charge in [0.1, 0.15) is 5.54 Å². The zero-order valence-electron chi connectivity index (χ0n) is 11.4. The van der Waals surface area contributed by atoms with Crippen LogP contribution in [0.15, 0.2) is 30.3 Å². The van der Waals surface area contributed by atoms with E-state index in [1.807, 2.05) is 44.2 Å². The third-order valence-electron chi connectivity index (χ3n) is 2.97. The van der Waals surface area contributed by atoms with E-state index in [1.165, 1.54) is 0 Å². The van der Waals surface area contributed by atoms with Gasteiger partial charge < -0.3 is 16.4 Å². The summed E-state index contributed by atoms with van der Waals surface area (Å²) in [5, 5.41) is 6.12. The second-order valence-electron chi connectivity index (χ2n) is 4.74. The molecule has 1 rings (SSSR count). The lowest BCUT2D eigenvalue weighted by atomic mass is 9.92. The Morgan fingerprint density at radius 3 is 2.56 bits per heavy atom. The van der Waals surface area contributed by atoms with Gasteiger partial charge in [-0.05, 0) is 26.0 Å². The van der Waals surface area contributed by atoms with Gasteiger partial charge in [0.05, 0.1) is 0 Å². The van der Waals surface area contributed by atoms with Gasteiger partial charge in [-0.1, -0.05) is 37.3 Å². The molecule has 18 heavy (non-hydrogen) atoms. The summed E-state index contributed by atoms with van der Waals surface area (Å²) in [6.45, 7) is 7.26. The molecule has 0 saturated heterocycles. The van der Waals surface area contributed by atoms with Crippen molar-refractivity contribution in [2.75, 3.05) is 13.1 Å². The molecule has 0 radical (unpaired) electrons. The molecule has 0 aliphatic carbocycles. The molecular weight excluding hydrogens is 226 g/mol. The molecule has 1 aromatic carbocycles.